The highest BCUT2D eigenvalue weighted by Crippen LogP contribution is 2.28. The molecule has 32 heavy (non-hydrogen) atoms. The molecule has 2 aromatic heterocycles. The number of rotatable bonds is 8. The minimum absolute atomic E-state index is 0.0395. The zero-order chi connectivity index (χ0) is 22.5. The van der Waals surface area contributed by atoms with E-state index in [-0.39, 0.29) is 11.9 Å². The Balaban J connectivity index is 1.54. The van der Waals surface area contributed by atoms with Crippen LogP contribution in [0.25, 0.3) is 11.0 Å². The largest absolute Gasteiger partial charge is 0.350 e. The highest BCUT2D eigenvalue weighted by Gasteiger charge is 2.13. The predicted molar refractivity (Wildman–Crippen MR) is 131 cm³/mol. The SMILES string of the molecule is CC[C@@H](C)NC(=O)c1ccc(Cn2c(SCc3ccc(Cl)cc3)nc3ccncc32)cc1. The van der Waals surface area contributed by atoms with Gasteiger partial charge in [0.2, 0.25) is 0 Å². The molecule has 1 atom stereocenters. The normalized spacial score (nSPS) is 12.1. The maximum atomic E-state index is 12.4. The molecule has 5 nitrogen and oxygen atoms in total. The number of aromatic nitrogens is 3. The molecule has 164 valence electrons. The number of carbonyl (C=O) groups is 1. The molecule has 0 aliphatic carbocycles. The molecule has 0 unspecified atom stereocenters. The number of pyridine rings is 1. The molecule has 0 aliphatic rings. The number of fused-ring (bicyclic) bond motifs is 1. The van der Waals surface area contributed by atoms with Crippen molar-refractivity contribution in [2.75, 3.05) is 0 Å². The summed E-state index contributed by atoms with van der Waals surface area (Å²) in [5.74, 6) is 0.755. The van der Waals surface area contributed by atoms with E-state index in [0.717, 1.165) is 38.9 Å². The molecule has 0 spiro atoms. The van der Waals surface area contributed by atoms with Crippen LogP contribution in [0.5, 0.6) is 0 Å². The Kier molecular flexibility index (Phi) is 7.12. The van der Waals surface area contributed by atoms with Crippen LogP contribution in [0, 0.1) is 0 Å². The van der Waals surface area contributed by atoms with Crippen LogP contribution in [0.3, 0.4) is 0 Å². The first-order valence-corrected chi connectivity index (χ1v) is 12.0. The first kappa shape index (κ1) is 22.4. The van der Waals surface area contributed by atoms with Gasteiger partial charge in [0, 0.05) is 28.6 Å². The van der Waals surface area contributed by atoms with Crippen LogP contribution in [-0.2, 0) is 12.3 Å². The van der Waals surface area contributed by atoms with Gasteiger partial charge in [-0.2, -0.15) is 0 Å². The number of nitrogens with zero attached hydrogens (tertiary/aromatic N) is 3. The van der Waals surface area contributed by atoms with E-state index >= 15 is 0 Å². The lowest BCUT2D eigenvalue weighted by atomic mass is 10.1. The van der Waals surface area contributed by atoms with Crippen LogP contribution < -0.4 is 5.32 Å². The number of halogens is 1. The molecule has 7 heteroatoms. The van der Waals surface area contributed by atoms with Gasteiger partial charge >= 0.3 is 0 Å². The number of amides is 1. The Labute approximate surface area is 197 Å². The van der Waals surface area contributed by atoms with Crippen molar-refractivity contribution >= 4 is 40.3 Å². The monoisotopic (exact) mass is 464 g/mol. The van der Waals surface area contributed by atoms with E-state index in [1.807, 2.05) is 67.7 Å². The van der Waals surface area contributed by atoms with Gasteiger partial charge in [-0.3, -0.25) is 9.78 Å². The lowest BCUT2D eigenvalue weighted by Gasteiger charge is -2.12. The van der Waals surface area contributed by atoms with Gasteiger partial charge in [0.15, 0.2) is 5.16 Å². The molecule has 2 heterocycles. The molecule has 1 N–H and O–H groups in total. The smallest absolute Gasteiger partial charge is 0.251 e. The molecule has 0 saturated carbocycles. The van der Waals surface area contributed by atoms with Crippen molar-refractivity contribution in [2.45, 2.75) is 43.8 Å². The summed E-state index contributed by atoms with van der Waals surface area (Å²) in [5, 5.41) is 4.67. The van der Waals surface area contributed by atoms with Crippen LogP contribution in [0.1, 0.15) is 41.8 Å². The van der Waals surface area contributed by atoms with Crippen molar-refractivity contribution in [1.82, 2.24) is 19.9 Å². The molecule has 4 rings (SSSR count). The molecule has 4 aromatic rings. The summed E-state index contributed by atoms with van der Waals surface area (Å²) in [6.45, 7) is 4.72. The number of thioether (sulfide) groups is 1. The Morgan fingerprint density at radius 1 is 1.09 bits per heavy atom. The van der Waals surface area contributed by atoms with Crippen molar-refractivity contribution in [1.29, 1.82) is 0 Å². The maximum absolute atomic E-state index is 12.4. The van der Waals surface area contributed by atoms with E-state index in [2.05, 4.69) is 21.8 Å². The third-order valence-electron chi connectivity index (χ3n) is 5.34. The Bertz CT molecular complexity index is 1210. The summed E-state index contributed by atoms with van der Waals surface area (Å²) in [4.78, 5) is 21.5. The average Bonchev–Trinajstić information content (AvgIpc) is 3.16. The first-order chi connectivity index (χ1) is 15.5. The van der Waals surface area contributed by atoms with E-state index in [4.69, 9.17) is 16.6 Å². The molecule has 0 aliphatic heterocycles. The molecule has 0 radical (unpaired) electrons. The first-order valence-electron chi connectivity index (χ1n) is 10.6. The summed E-state index contributed by atoms with van der Waals surface area (Å²) >= 11 is 7.69. The summed E-state index contributed by atoms with van der Waals surface area (Å²) in [6, 6.07) is 17.7. The van der Waals surface area contributed by atoms with E-state index in [9.17, 15) is 4.79 Å². The zero-order valence-corrected chi connectivity index (χ0v) is 19.7. The van der Waals surface area contributed by atoms with Crippen LogP contribution >= 0.6 is 23.4 Å². The maximum Gasteiger partial charge on any atom is 0.251 e. The number of hydrogen-bond donors (Lipinski definition) is 1. The summed E-state index contributed by atoms with van der Waals surface area (Å²) in [5.41, 5.74) is 4.87. The number of hydrogen-bond acceptors (Lipinski definition) is 4. The topological polar surface area (TPSA) is 59.8 Å². The second-order valence-electron chi connectivity index (χ2n) is 7.74. The molecule has 0 saturated heterocycles. The molecule has 0 bridgehead atoms. The number of imidazole rings is 1. The minimum Gasteiger partial charge on any atom is -0.350 e. The quantitative estimate of drug-likeness (QED) is 0.327. The van der Waals surface area contributed by atoms with Crippen molar-refractivity contribution in [3.05, 3.63) is 88.7 Å². The van der Waals surface area contributed by atoms with Crippen LogP contribution in [0.2, 0.25) is 5.02 Å². The zero-order valence-electron chi connectivity index (χ0n) is 18.1. The summed E-state index contributed by atoms with van der Waals surface area (Å²) < 4.78 is 2.18. The standard InChI is InChI=1S/C25H25ClN4OS/c1-3-17(2)28-24(31)20-8-4-18(5-9-20)15-30-23-14-27-13-12-22(23)29-25(30)32-16-19-6-10-21(26)11-7-19/h4-14,17H,3,15-16H2,1-2H3,(H,28,31)/t17-/m1/s1. The fourth-order valence-electron chi connectivity index (χ4n) is 3.29. The Morgan fingerprint density at radius 3 is 2.53 bits per heavy atom. The van der Waals surface area contributed by atoms with Crippen molar-refractivity contribution in [3.63, 3.8) is 0 Å². The van der Waals surface area contributed by atoms with E-state index in [0.29, 0.717) is 12.1 Å². The van der Waals surface area contributed by atoms with Gasteiger partial charge in [0.25, 0.3) is 5.91 Å². The third kappa shape index (κ3) is 5.31. The molecular weight excluding hydrogens is 440 g/mol. The Hall–Kier alpha value is -2.83. The van der Waals surface area contributed by atoms with Crippen molar-refractivity contribution in [2.24, 2.45) is 0 Å². The van der Waals surface area contributed by atoms with Gasteiger partial charge in [0.1, 0.15) is 0 Å². The summed E-state index contributed by atoms with van der Waals surface area (Å²) in [6.07, 6.45) is 4.52. The van der Waals surface area contributed by atoms with Crippen LogP contribution in [-0.4, -0.2) is 26.5 Å². The van der Waals surface area contributed by atoms with Gasteiger partial charge in [-0.1, -0.05) is 54.6 Å². The second-order valence-corrected chi connectivity index (χ2v) is 9.12. The van der Waals surface area contributed by atoms with Gasteiger partial charge in [-0.05, 0) is 54.8 Å². The highest BCUT2D eigenvalue weighted by atomic mass is 35.5. The average molecular weight is 465 g/mol. The number of carbonyl (C=O) groups excluding carboxylic acids is 1. The van der Waals surface area contributed by atoms with E-state index < -0.39 is 0 Å². The lowest BCUT2D eigenvalue weighted by molar-refractivity contribution is 0.0939. The minimum atomic E-state index is -0.0395. The fraction of sp³-hybridized carbons (Fsp3) is 0.240. The fourth-order valence-corrected chi connectivity index (χ4v) is 4.39. The van der Waals surface area contributed by atoms with Crippen LogP contribution in [0.15, 0.2) is 72.1 Å². The van der Waals surface area contributed by atoms with E-state index in [1.165, 1.54) is 5.56 Å². The second kappa shape index (κ2) is 10.2. The molecule has 1 amide bonds. The van der Waals surface area contributed by atoms with Gasteiger partial charge < -0.3 is 9.88 Å². The molecular formula is C25H25ClN4OS. The predicted octanol–water partition coefficient (Wildman–Crippen LogP) is 5.95. The van der Waals surface area contributed by atoms with Gasteiger partial charge in [-0.15, -0.1) is 0 Å². The third-order valence-corrected chi connectivity index (χ3v) is 6.64. The van der Waals surface area contributed by atoms with E-state index in [1.54, 1.807) is 18.0 Å². The molecule has 0 fully saturated rings. The van der Waals surface area contributed by atoms with Gasteiger partial charge in [-0.25, -0.2) is 4.98 Å². The van der Waals surface area contributed by atoms with Crippen LogP contribution in [0.4, 0.5) is 0 Å². The molecule has 2 aromatic carbocycles. The van der Waals surface area contributed by atoms with Gasteiger partial charge in [0.05, 0.1) is 23.8 Å². The van der Waals surface area contributed by atoms with Crippen molar-refractivity contribution in [3.8, 4) is 0 Å². The Morgan fingerprint density at radius 2 is 1.81 bits per heavy atom. The lowest BCUT2D eigenvalue weighted by Crippen LogP contribution is -2.31. The number of benzene rings is 2. The van der Waals surface area contributed by atoms with Crippen molar-refractivity contribution < 1.29 is 4.79 Å². The highest BCUT2D eigenvalue weighted by molar-refractivity contribution is 7.98. The number of nitrogens with one attached hydrogen (secondary N) is 1. The summed E-state index contributed by atoms with van der Waals surface area (Å²) in [7, 11) is 0.